The van der Waals surface area contributed by atoms with Crippen LogP contribution in [0.5, 0.6) is 5.75 Å². The van der Waals surface area contributed by atoms with Crippen LogP contribution >= 0.6 is 0 Å². The first-order valence-electron chi connectivity index (χ1n) is 11.4. The molecule has 1 unspecified atom stereocenters. The van der Waals surface area contributed by atoms with E-state index in [9.17, 15) is 14.7 Å². The number of hydrogen-bond donors (Lipinski definition) is 1. The van der Waals surface area contributed by atoms with Gasteiger partial charge in [-0.15, -0.1) is 0 Å². The number of Topliss-reactive ketones (excluding diaryl/α,β-unsaturated/α-hetero) is 1. The van der Waals surface area contributed by atoms with E-state index in [1.807, 2.05) is 51.1 Å². The highest BCUT2D eigenvalue weighted by atomic mass is 16.5. The highest BCUT2D eigenvalue weighted by molar-refractivity contribution is 6.16. The molecule has 7 heteroatoms. The molecule has 1 amide bonds. The Hall–Kier alpha value is -3.58. The Kier molecular flexibility index (Phi) is 6.75. The lowest BCUT2D eigenvalue weighted by atomic mass is 9.92. The minimum absolute atomic E-state index is 0.0158. The Morgan fingerprint density at radius 1 is 1.18 bits per heavy atom. The largest absolute Gasteiger partial charge is 0.503 e. The molecule has 1 atom stereocenters. The maximum absolute atomic E-state index is 13.7. The van der Waals surface area contributed by atoms with E-state index >= 15 is 0 Å². The number of ketones is 1. The molecule has 7 nitrogen and oxygen atoms in total. The SMILES string of the molecule is COc1cccc2cc(C(=O)C3=C(O)C(=O)N(CCCOC(C)C)C3c3ccccc3C)oc12. The Bertz CT molecular complexity index is 1250. The second-order valence-electron chi connectivity index (χ2n) is 8.61. The molecule has 0 bridgehead atoms. The van der Waals surface area contributed by atoms with E-state index in [0.29, 0.717) is 36.3 Å². The monoisotopic (exact) mass is 463 g/mol. The van der Waals surface area contributed by atoms with Gasteiger partial charge in [0.25, 0.3) is 5.91 Å². The van der Waals surface area contributed by atoms with Crippen molar-refractivity contribution in [3.63, 3.8) is 0 Å². The van der Waals surface area contributed by atoms with E-state index in [0.717, 1.165) is 11.1 Å². The van der Waals surface area contributed by atoms with Gasteiger partial charge in [0.15, 0.2) is 22.9 Å². The van der Waals surface area contributed by atoms with Crippen molar-refractivity contribution in [2.45, 2.75) is 39.3 Å². The summed E-state index contributed by atoms with van der Waals surface area (Å²) in [5.41, 5.74) is 2.15. The van der Waals surface area contributed by atoms with Crippen LogP contribution in [0.4, 0.5) is 0 Å². The molecule has 1 N–H and O–H groups in total. The lowest BCUT2D eigenvalue weighted by molar-refractivity contribution is -0.129. The number of furan rings is 1. The molecule has 178 valence electrons. The highest BCUT2D eigenvalue weighted by Gasteiger charge is 2.44. The Morgan fingerprint density at radius 3 is 2.65 bits per heavy atom. The second-order valence-corrected chi connectivity index (χ2v) is 8.61. The second kappa shape index (κ2) is 9.73. The molecule has 3 aromatic rings. The van der Waals surface area contributed by atoms with Crippen molar-refractivity contribution in [2.75, 3.05) is 20.3 Å². The van der Waals surface area contributed by atoms with Crippen LogP contribution in [0, 0.1) is 6.92 Å². The third-order valence-corrected chi connectivity index (χ3v) is 5.98. The number of carbonyl (C=O) groups is 2. The number of para-hydroxylation sites is 1. The average molecular weight is 464 g/mol. The number of ether oxygens (including phenoxy) is 2. The van der Waals surface area contributed by atoms with E-state index in [1.54, 1.807) is 18.2 Å². The van der Waals surface area contributed by atoms with E-state index in [2.05, 4.69) is 0 Å². The van der Waals surface area contributed by atoms with E-state index in [4.69, 9.17) is 13.9 Å². The fraction of sp³-hybridized carbons (Fsp3) is 0.333. The average Bonchev–Trinajstić information content (AvgIpc) is 3.36. The molecule has 0 spiro atoms. The van der Waals surface area contributed by atoms with Crippen LogP contribution in [0.15, 0.2) is 64.3 Å². The summed E-state index contributed by atoms with van der Waals surface area (Å²) in [6, 6.07) is 13.8. The van der Waals surface area contributed by atoms with Gasteiger partial charge in [0.05, 0.1) is 24.8 Å². The topological polar surface area (TPSA) is 89.2 Å². The number of benzene rings is 2. The lowest BCUT2D eigenvalue weighted by Gasteiger charge is -2.28. The van der Waals surface area contributed by atoms with Gasteiger partial charge in [-0.25, -0.2) is 0 Å². The number of aryl methyl sites for hydroxylation is 1. The van der Waals surface area contributed by atoms with Crippen LogP contribution in [0.25, 0.3) is 11.0 Å². The Morgan fingerprint density at radius 2 is 1.94 bits per heavy atom. The molecular weight excluding hydrogens is 434 g/mol. The molecule has 4 rings (SSSR count). The fourth-order valence-electron chi connectivity index (χ4n) is 4.33. The molecular formula is C27H29NO6. The summed E-state index contributed by atoms with van der Waals surface area (Å²) < 4.78 is 16.8. The van der Waals surface area contributed by atoms with Crippen molar-refractivity contribution < 1.29 is 28.6 Å². The van der Waals surface area contributed by atoms with Crippen LogP contribution in [0.2, 0.25) is 0 Å². The minimum Gasteiger partial charge on any atom is -0.503 e. The molecule has 1 aliphatic rings. The summed E-state index contributed by atoms with van der Waals surface area (Å²) in [4.78, 5) is 28.3. The first-order chi connectivity index (χ1) is 16.3. The van der Waals surface area contributed by atoms with Crippen molar-refractivity contribution in [1.82, 2.24) is 4.90 Å². The predicted molar refractivity (Wildman–Crippen MR) is 128 cm³/mol. The summed E-state index contributed by atoms with van der Waals surface area (Å²) in [7, 11) is 1.53. The van der Waals surface area contributed by atoms with Crippen molar-refractivity contribution in [1.29, 1.82) is 0 Å². The Balaban J connectivity index is 1.74. The van der Waals surface area contributed by atoms with Crippen LogP contribution in [-0.4, -0.2) is 48.1 Å². The van der Waals surface area contributed by atoms with Gasteiger partial charge in [-0.3, -0.25) is 9.59 Å². The third kappa shape index (κ3) is 4.31. The minimum atomic E-state index is -0.727. The molecule has 0 radical (unpaired) electrons. The molecule has 0 fully saturated rings. The molecule has 1 aromatic heterocycles. The van der Waals surface area contributed by atoms with Gasteiger partial charge < -0.3 is 23.9 Å². The molecule has 0 saturated carbocycles. The zero-order valence-electron chi connectivity index (χ0n) is 19.8. The van der Waals surface area contributed by atoms with Crippen LogP contribution < -0.4 is 4.74 Å². The molecule has 2 heterocycles. The van der Waals surface area contributed by atoms with Crippen molar-refractivity contribution >= 4 is 22.7 Å². The van der Waals surface area contributed by atoms with Gasteiger partial charge in [0, 0.05) is 18.5 Å². The normalized spacial score (nSPS) is 16.2. The zero-order chi connectivity index (χ0) is 24.4. The maximum atomic E-state index is 13.7. The maximum Gasteiger partial charge on any atom is 0.290 e. The summed E-state index contributed by atoms with van der Waals surface area (Å²) in [6.07, 6.45) is 0.651. The predicted octanol–water partition coefficient (Wildman–Crippen LogP) is 5.14. The fourth-order valence-corrected chi connectivity index (χ4v) is 4.33. The Labute approximate surface area is 198 Å². The van der Waals surface area contributed by atoms with Crippen LogP contribution in [-0.2, 0) is 9.53 Å². The standard InChI is InChI=1S/C27H29NO6/c1-16(2)33-14-8-13-28-23(19-11-6-5-9-17(19)3)22(25(30)27(28)31)24(29)21-15-18-10-7-12-20(32-4)26(18)34-21/h5-7,9-12,15-16,23,30H,8,13-14H2,1-4H3. The van der Waals surface area contributed by atoms with Crippen LogP contribution in [0.1, 0.15) is 48.0 Å². The first-order valence-corrected chi connectivity index (χ1v) is 11.4. The zero-order valence-corrected chi connectivity index (χ0v) is 19.8. The smallest absolute Gasteiger partial charge is 0.290 e. The number of methoxy groups -OCH3 is 1. The number of aliphatic hydroxyl groups excluding tert-OH is 1. The summed E-state index contributed by atoms with van der Waals surface area (Å²) in [5, 5.41) is 11.6. The number of rotatable bonds is 9. The van der Waals surface area contributed by atoms with Gasteiger partial charge >= 0.3 is 0 Å². The van der Waals surface area contributed by atoms with Crippen molar-refractivity contribution in [2.24, 2.45) is 0 Å². The van der Waals surface area contributed by atoms with Crippen molar-refractivity contribution in [3.05, 3.63) is 76.8 Å². The van der Waals surface area contributed by atoms with E-state index in [-0.39, 0.29) is 17.4 Å². The molecule has 1 aliphatic heterocycles. The molecule has 0 saturated heterocycles. The molecule has 0 aliphatic carbocycles. The van der Waals surface area contributed by atoms with Gasteiger partial charge in [-0.1, -0.05) is 36.4 Å². The number of nitrogens with zero attached hydrogens (tertiary/aromatic N) is 1. The van der Waals surface area contributed by atoms with Gasteiger partial charge in [0.2, 0.25) is 5.78 Å². The van der Waals surface area contributed by atoms with Gasteiger partial charge in [-0.2, -0.15) is 0 Å². The third-order valence-electron chi connectivity index (χ3n) is 5.98. The van der Waals surface area contributed by atoms with Gasteiger partial charge in [-0.05, 0) is 50.5 Å². The number of aliphatic hydroxyl groups is 1. The number of amides is 1. The number of carbonyl (C=O) groups excluding carboxylic acids is 2. The molecule has 34 heavy (non-hydrogen) atoms. The first kappa shape index (κ1) is 23.6. The quantitative estimate of drug-likeness (QED) is 0.349. The highest BCUT2D eigenvalue weighted by Crippen LogP contribution is 2.41. The van der Waals surface area contributed by atoms with Gasteiger partial charge in [0.1, 0.15) is 0 Å². The summed E-state index contributed by atoms with van der Waals surface area (Å²) >= 11 is 0. The lowest BCUT2D eigenvalue weighted by Crippen LogP contribution is -2.33. The van der Waals surface area contributed by atoms with Crippen molar-refractivity contribution in [3.8, 4) is 5.75 Å². The van der Waals surface area contributed by atoms with E-state index in [1.165, 1.54) is 12.0 Å². The molecule has 2 aromatic carbocycles. The number of hydrogen-bond acceptors (Lipinski definition) is 6. The summed E-state index contributed by atoms with van der Waals surface area (Å²) in [5.74, 6) is -1.11. The summed E-state index contributed by atoms with van der Waals surface area (Å²) in [6.45, 7) is 6.62. The van der Waals surface area contributed by atoms with E-state index < -0.39 is 23.5 Å². The van der Waals surface area contributed by atoms with Crippen LogP contribution in [0.3, 0.4) is 0 Å². The number of fused-ring (bicyclic) bond motifs is 1.